The van der Waals surface area contributed by atoms with Crippen molar-refractivity contribution in [2.75, 3.05) is 159 Å². The predicted octanol–water partition coefficient (Wildman–Crippen LogP) is 3.09. The van der Waals surface area contributed by atoms with Crippen LogP contribution >= 0.6 is 0 Å². The van der Waals surface area contributed by atoms with E-state index in [0.717, 1.165) is 91.1 Å². The molecule has 0 aromatic heterocycles. The minimum absolute atomic E-state index is 0.406. The highest BCUT2D eigenvalue weighted by Gasteiger charge is 2.45. The maximum Gasteiger partial charge on any atom is 0.330 e. The zero-order chi connectivity index (χ0) is 101. The van der Waals surface area contributed by atoms with Gasteiger partial charge in [-0.3, -0.25) is 28.8 Å². The van der Waals surface area contributed by atoms with Crippen LogP contribution in [-0.4, -0.2) is 299 Å². The lowest BCUT2D eigenvalue weighted by Gasteiger charge is -2.37. The molecule has 0 heterocycles. The summed E-state index contributed by atoms with van der Waals surface area (Å²) in [7, 11) is 0. The first-order chi connectivity index (χ1) is 62.4. The zero-order valence-corrected chi connectivity index (χ0v) is 72.5. The Bertz CT molecular complexity index is 3880. The van der Waals surface area contributed by atoms with Crippen LogP contribution in [0.1, 0.15) is 38.5 Å². The van der Waals surface area contributed by atoms with Crippen LogP contribution in [0.3, 0.4) is 0 Å². The number of esters is 18. The fraction of sp³-hybridized carbons (Fsp3) is 0.414. The lowest BCUT2D eigenvalue weighted by atomic mass is 9.89. The van der Waals surface area contributed by atoms with Gasteiger partial charge in [-0.2, -0.15) is 0 Å². The van der Waals surface area contributed by atoms with Crippen molar-refractivity contribution in [1.29, 1.82) is 0 Å². The van der Waals surface area contributed by atoms with Gasteiger partial charge in [0.1, 0.15) is 124 Å². The number of carbonyl (C=O) groups excluding carboxylic acids is 18. The van der Waals surface area contributed by atoms with Crippen LogP contribution in [0, 0.1) is 32.5 Å². The molecule has 0 aliphatic heterocycles. The van der Waals surface area contributed by atoms with E-state index in [-0.39, 0.29) is 0 Å². The number of ether oxygens (including phenoxy) is 21. The van der Waals surface area contributed by atoms with Crippen LogP contribution in [0.15, 0.2) is 190 Å². The molecule has 0 aromatic carbocycles. The molecule has 0 rings (SSSR count). The summed E-state index contributed by atoms with van der Waals surface area (Å²) in [4.78, 5) is 248. The van der Waals surface area contributed by atoms with Gasteiger partial charge in [-0.1, -0.05) is 98.7 Å². The summed E-state index contributed by atoms with van der Waals surface area (Å²) in [5.74, 6) is -19.8. The van der Waals surface area contributed by atoms with Gasteiger partial charge in [-0.15, -0.1) is 0 Å². The molecule has 726 valence electrons. The number of hydrogen-bond donors (Lipinski definition) is 3. The van der Waals surface area contributed by atoms with Gasteiger partial charge in [0, 0.05) is 91.1 Å². The fourth-order valence-corrected chi connectivity index (χ4v) is 8.74. The Balaban J connectivity index is -0.00000202. The average Bonchev–Trinajstić information content (AvgIpc) is 0.838. The maximum absolute atomic E-state index is 12.5. The second-order valence-electron chi connectivity index (χ2n) is 27.3. The van der Waals surface area contributed by atoms with Gasteiger partial charge in [0.15, 0.2) is 0 Å². The lowest BCUT2D eigenvalue weighted by molar-refractivity contribution is -0.177. The van der Waals surface area contributed by atoms with Gasteiger partial charge in [0.05, 0.1) is 105 Å². The Labute approximate surface area is 757 Å². The van der Waals surface area contributed by atoms with Crippen molar-refractivity contribution in [2.24, 2.45) is 32.5 Å². The smallest absolute Gasteiger partial charge is 0.330 e. The third-order valence-electron chi connectivity index (χ3n) is 16.0. The van der Waals surface area contributed by atoms with Crippen LogP contribution < -0.4 is 0 Å². The van der Waals surface area contributed by atoms with Crippen LogP contribution in [0.25, 0.3) is 0 Å². The number of rotatable bonds is 72. The summed E-state index contributed by atoms with van der Waals surface area (Å²) in [6.07, 6.45) is 9.75. The Hall–Kier alpha value is -15.2. The molecule has 45 nitrogen and oxygen atoms in total. The molecular formula is C87H108O45. The van der Waals surface area contributed by atoms with E-state index < -0.39 is 355 Å². The van der Waals surface area contributed by atoms with Crippen molar-refractivity contribution in [1.82, 2.24) is 0 Å². The SMILES string of the molecule is C=CC(=O)OCC(COC(=O)C=C)(COC(=O)C=C)COC(=O)CCC(=O)O.C=CC(=O)OCC(COCC(COC(=O)C=C)(COC(=O)C=C)COC(=O)C=C)(COCC(COC(=O)C=C)(COC(=O)C=C)COC(=O)CCC(=O)O)COC(=O)C=C.C=CC(=O)OCC(COCC(COC(=O)C=C)(COC(=O)C=C)COC(=O)CCC(=O)O)(COC(=O)C=C)COC(=O)C=C. The number of hydrogen-bond acceptors (Lipinski definition) is 42. The van der Waals surface area contributed by atoms with Crippen LogP contribution in [0.4, 0.5) is 0 Å². The highest BCUT2D eigenvalue weighted by atomic mass is 16.6. The molecule has 0 saturated carbocycles. The standard InChI is InChI=1S/C40H50O20.C29H36O15.C18H22O10/c1-8-30(43)53-21-38(22-54-31(44)9-2,17-51-19-39(23-55-32(45)10-3,24-56-33(46)11-4)25-57-34(47)12-5)18-52-20-40(26-58-35(48)13-6,27-59-36(49)14-7)28-60-37(50)16-15-29(41)42;1-6-22(32)39-15-28(16-40-23(33)7-2,17-41-24(34)8-3)13-38-14-29(18-42-25(35)9-4,19-43-26(36)10-5)20-44-27(37)12-11-21(30)31;1-4-14(21)25-9-18(10-26-15(22)5-2,11-27-16(23)6-3)12-28-17(24)8-7-13(19)20/h8-14H,1-7,15-28H2,(H,41,42);6-10H,1-5,11-20H2,(H,30,31);4-6H,1-3,7-12H2,(H,19,20). The molecule has 0 saturated heterocycles. The Morgan fingerprint density at radius 1 is 0.152 bits per heavy atom. The van der Waals surface area contributed by atoms with E-state index in [9.17, 15) is 101 Å². The Morgan fingerprint density at radius 2 is 0.242 bits per heavy atom. The molecule has 0 fully saturated rings. The quantitative estimate of drug-likeness (QED) is 0.0447. The molecule has 0 bridgehead atoms. The Morgan fingerprint density at radius 3 is 0.341 bits per heavy atom. The summed E-state index contributed by atoms with van der Waals surface area (Å²) in [5, 5.41) is 26.4. The minimum atomic E-state index is -1.72. The van der Waals surface area contributed by atoms with Crippen molar-refractivity contribution in [3.63, 3.8) is 0 Å². The summed E-state index contributed by atoms with van der Waals surface area (Å²) in [5.41, 5.74) is -9.65. The van der Waals surface area contributed by atoms with E-state index in [0.29, 0.717) is 0 Å². The summed E-state index contributed by atoms with van der Waals surface area (Å²) >= 11 is 0. The molecule has 132 heavy (non-hydrogen) atoms. The normalized spacial score (nSPS) is 10.6. The van der Waals surface area contributed by atoms with Crippen molar-refractivity contribution in [3.8, 4) is 0 Å². The van der Waals surface area contributed by atoms with E-state index >= 15 is 0 Å². The maximum atomic E-state index is 12.5. The topological polar surface area (TPSA) is 613 Å². The second kappa shape index (κ2) is 68.1. The lowest BCUT2D eigenvalue weighted by Crippen LogP contribution is -2.48. The molecule has 0 aliphatic rings. The molecule has 0 spiro atoms. The van der Waals surface area contributed by atoms with E-state index in [1.54, 1.807) is 0 Å². The van der Waals surface area contributed by atoms with Gasteiger partial charge in [-0.05, 0) is 0 Å². The number of aliphatic carboxylic acids is 3. The molecule has 3 N–H and O–H groups in total. The molecule has 0 amide bonds. The van der Waals surface area contributed by atoms with Crippen molar-refractivity contribution in [3.05, 3.63) is 190 Å². The number of carbonyl (C=O) groups is 21. The summed E-state index contributed by atoms with van der Waals surface area (Å²) in [6.45, 7) is 36.0. The molecule has 0 atom stereocenters. The van der Waals surface area contributed by atoms with Crippen molar-refractivity contribution in [2.45, 2.75) is 38.5 Å². The highest BCUT2D eigenvalue weighted by Crippen LogP contribution is 2.31. The zero-order valence-electron chi connectivity index (χ0n) is 72.5. The summed E-state index contributed by atoms with van der Waals surface area (Å²) < 4.78 is 111. The van der Waals surface area contributed by atoms with Gasteiger partial charge < -0.3 is 115 Å². The van der Waals surface area contributed by atoms with E-state index in [4.69, 9.17) is 115 Å². The van der Waals surface area contributed by atoms with Crippen LogP contribution in [0.5, 0.6) is 0 Å². The molecule has 45 heteroatoms. The highest BCUT2D eigenvalue weighted by molar-refractivity contribution is 5.87. The molecule has 0 unspecified atom stereocenters. The van der Waals surface area contributed by atoms with Crippen molar-refractivity contribution >= 4 is 125 Å². The van der Waals surface area contributed by atoms with E-state index in [1.165, 1.54) is 0 Å². The first-order valence-corrected chi connectivity index (χ1v) is 38.1. The molecule has 0 aliphatic carbocycles. The van der Waals surface area contributed by atoms with Crippen molar-refractivity contribution < 1.29 is 215 Å². The fourth-order valence-electron chi connectivity index (χ4n) is 8.74. The van der Waals surface area contributed by atoms with Crippen LogP contribution in [-0.2, 0) is 200 Å². The molecule has 0 radical (unpaired) electrons. The minimum Gasteiger partial charge on any atom is -0.481 e. The second-order valence-corrected chi connectivity index (χ2v) is 27.3. The number of carboxylic acid groups (broad SMARTS) is 3. The first-order valence-electron chi connectivity index (χ1n) is 38.1. The van der Waals surface area contributed by atoms with E-state index in [1.807, 2.05) is 0 Å². The Kier molecular flexibility index (Phi) is 62.4. The predicted molar refractivity (Wildman–Crippen MR) is 448 cm³/mol. The molecule has 0 aromatic rings. The monoisotopic (exact) mass is 1870 g/mol. The van der Waals surface area contributed by atoms with Gasteiger partial charge >= 0.3 is 125 Å². The third-order valence-corrected chi connectivity index (χ3v) is 16.0. The number of carboxylic acids is 3. The first kappa shape index (κ1) is 121. The van der Waals surface area contributed by atoms with Gasteiger partial charge in [-0.25, -0.2) is 71.9 Å². The van der Waals surface area contributed by atoms with Crippen LogP contribution in [0.2, 0.25) is 0 Å². The average molecular weight is 1870 g/mol. The van der Waals surface area contributed by atoms with E-state index in [2.05, 4.69) is 98.7 Å². The largest absolute Gasteiger partial charge is 0.481 e. The van der Waals surface area contributed by atoms with Gasteiger partial charge in [0.2, 0.25) is 0 Å². The van der Waals surface area contributed by atoms with Gasteiger partial charge in [0.25, 0.3) is 0 Å². The summed E-state index contributed by atoms with van der Waals surface area (Å²) in [6, 6.07) is 0. The third kappa shape index (κ3) is 56.8. The molecular weight excluding hydrogens is 1760 g/mol.